The van der Waals surface area contributed by atoms with Crippen LogP contribution in [0.1, 0.15) is 4.88 Å². The fourth-order valence-electron chi connectivity index (χ4n) is 3.70. The van der Waals surface area contributed by atoms with Crippen LogP contribution < -0.4 is 5.56 Å². The summed E-state index contributed by atoms with van der Waals surface area (Å²) in [4.78, 5) is 16.0. The van der Waals surface area contributed by atoms with Crippen LogP contribution in [0.3, 0.4) is 0 Å². The zero-order chi connectivity index (χ0) is 20.8. The molecule has 9 heteroatoms. The standard InChI is InChI=1S/C20H23N3O4S2/c1-21-13-18(14-4-3-5-15(24)10-14)19-17(20(21)25)11-16(28-19)12-22-6-8-23(9-7-22)29(2,26)27/h3-5,10-11,13,24H,6-9,12H2,1-2H3. The van der Waals surface area contributed by atoms with Gasteiger partial charge in [-0.3, -0.25) is 9.69 Å². The molecule has 154 valence electrons. The number of sulfonamides is 1. The minimum absolute atomic E-state index is 0.0479. The van der Waals surface area contributed by atoms with E-state index in [0.29, 0.717) is 38.1 Å². The molecule has 1 aromatic carbocycles. The highest BCUT2D eigenvalue weighted by molar-refractivity contribution is 7.88. The average molecular weight is 434 g/mol. The van der Waals surface area contributed by atoms with Gasteiger partial charge in [0.1, 0.15) is 5.75 Å². The molecule has 3 aromatic rings. The molecule has 1 aliphatic heterocycles. The second-order valence-electron chi connectivity index (χ2n) is 7.40. The van der Waals surface area contributed by atoms with Gasteiger partial charge in [-0.2, -0.15) is 4.31 Å². The molecule has 0 spiro atoms. The molecule has 1 N–H and O–H groups in total. The Hall–Kier alpha value is -2.20. The first-order valence-corrected chi connectivity index (χ1v) is 12.0. The van der Waals surface area contributed by atoms with E-state index in [1.54, 1.807) is 41.2 Å². The van der Waals surface area contributed by atoms with Crippen molar-refractivity contribution in [2.75, 3.05) is 32.4 Å². The van der Waals surface area contributed by atoms with Crippen LogP contribution in [0.4, 0.5) is 0 Å². The number of benzene rings is 1. The number of aryl methyl sites for hydroxylation is 1. The van der Waals surface area contributed by atoms with Crippen molar-refractivity contribution in [1.29, 1.82) is 0 Å². The molecular weight excluding hydrogens is 410 g/mol. The number of hydrogen-bond donors (Lipinski definition) is 1. The molecule has 4 rings (SSSR count). The van der Waals surface area contributed by atoms with E-state index in [1.807, 2.05) is 18.3 Å². The summed E-state index contributed by atoms with van der Waals surface area (Å²) in [5.41, 5.74) is 1.73. The predicted octanol–water partition coefficient (Wildman–Crippen LogP) is 2.05. The minimum Gasteiger partial charge on any atom is -0.508 e. The summed E-state index contributed by atoms with van der Waals surface area (Å²) in [5, 5.41) is 10.5. The number of piperazine rings is 1. The molecule has 0 atom stereocenters. The Morgan fingerprint density at radius 2 is 1.86 bits per heavy atom. The Morgan fingerprint density at radius 3 is 2.52 bits per heavy atom. The lowest BCUT2D eigenvalue weighted by molar-refractivity contribution is 0.183. The predicted molar refractivity (Wildman–Crippen MR) is 116 cm³/mol. The van der Waals surface area contributed by atoms with Gasteiger partial charge in [-0.25, -0.2) is 8.42 Å². The third kappa shape index (κ3) is 4.09. The lowest BCUT2D eigenvalue weighted by Crippen LogP contribution is -2.47. The maximum atomic E-state index is 12.7. The normalized spacial score (nSPS) is 16.5. The first-order chi connectivity index (χ1) is 13.7. The van der Waals surface area contributed by atoms with Gasteiger partial charge in [0.05, 0.1) is 11.6 Å². The van der Waals surface area contributed by atoms with Crippen LogP contribution in [0.5, 0.6) is 5.75 Å². The van der Waals surface area contributed by atoms with Crippen molar-refractivity contribution in [3.8, 4) is 16.9 Å². The van der Waals surface area contributed by atoms with Crippen molar-refractivity contribution in [2.24, 2.45) is 7.05 Å². The third-order valence-electron chi connectivity index (χ3n) is 5.24. The smallest absolute Gasteiger partial charge is 0.259 e. The summed E-state index contributed by atoms with van der Waals surface area (Å²) >= 11 is 1.58. The molecule has 1 fully saturated rings. The Bertz CT molecular complexity index is 1220. The molecule has 0 saturated carbocycles. The number of nitrogens with zero attached hydrogens (tertiary/aromatic N) is 3. The highest BCUT2D eigenvalue weighted by Gasteiger charge is 2.24. The topological polar surface area (TPSA) is 82.8 Å². The van der Waals surface area contributed by atoms with Crippen molar-refractivity contribution in [3.05, 3.63) is 51.8 Å². The van der Waals surface area contributed by atoms with E-state index in [-0.39, 0.29) is 11.3 Å². The van der Waals surface area contributed by atoms with Crippen LogP contribution in [0.2, 0.25) is 0 Å². The molecular formula is C20H23N3O4S2. The van der Waals surface area contributed by atoms with Crippen LogP contribution in [-0.4, -0.2) is 59.7 Å². The summed E-state index contributed by atoms with van der Waals surface area (Å²) in [6, 6.07) is 8.97. The third-order valence-corrected chi connectivity index (χ3v) is 7.69. The van der Waals surface area contributed by atoms with E-state index in [4.69, 9.17) is 0 Å². The molecule has 1 saturated heterocycles. The first-order valence-electron chi connectivity index (χ1n) is 9.31. The van der Waals surface area contributed by atoms with Crippen molar-refractivity contribution in [3.63, 3.8) is 0 Å². The average Bonchev–Trinajstić information content (AvgIpc) is 3.08. The second kappa shape index (κ2) is 7.56. The van der Waals surface area contributed by atoms with E-state index < -0.39 is 10.0 Å². The number of fused-ring (bicyclic) bond motifs is 1. The Kier molecular flexibility index (Phi) is 5.24. The Labute approximate surface area is 173 Å². The lowest BCUT2D eigenvalue weighted by Gasteiger charge is -2.32. The SMILES string of the molecule is Cn1cc(-c2cccc(O)c2)c2sc(CN3CCN(S(C)(=O)=O)CC3)cc2c1=O. The number of aromatic hydroxyl groups is 1. The lowest BCUT2D eigenvalue weighted by atomic mass is 10.1. The molecule has 0 bridgehead atoms. The van der Waals surface area contributed by atoms with Gasteiger partial charge in [-0.15, -0.1) is 11.3 Å². The molecule has 0 amide bonds. The molecule has 29 heavy (non-hydrogen) atoms. The molecule has 0 aliphatic carbocycles. The molecule has 0 radical (unpaired) electrons. The monoisotopic (exact) mass is 433 g/mol. The first kappa shape index (κ1) is 20.1. The molecule has 0 unspecified atom stereocenters. The summed E-state index contributed by atoms with van der Waals surface area (Å²) in [6.45, 7) is 2.98. The van der Waals surface area contributed by atoms with Gasteiger partial charge in [0.2, 0.25) is 10.0 Å². The summed E-state index contributed by atoms with van der Waals surface area (Å²) in [6.07, 6.45) is 3.05. The van der Waals surface area contributed by atoms with Crippen LogP contribution in [0, 0.1) is 0 Å². The van der Waals surface area contributed by atoms with Crippen molar-refractivity contribution in [1.82, 2.24) is 13.8 Å². The van der Waals surface area contributed by atoms with E-state index in [9.17, 15) is 18.3 Å². The van der Waals surface area contributed by atoms with Crippen LogP contribution >= 0.6 is 11.3 Å². The summed E-state index contributed by atoms with van der Waals surface area (Å²) < 4.78 is 27.4. The van der Waals surface area contributed by atoms with E-state index in [2.05, 4.69) is 4.90 Å². The maximum absolute atomic E-state index is 12.7. The molecule has 3 heterocycles. The van der Waals surface area contributed by atoms with Gasteiger partial charge >= 0.3 is 0 Å². The minimum atomic E-state index is -3.15. The number of pyridine rings is 1. The van der Waals surface area contributed by atoms with Crippen molar-refractivity contribution >= 4 is 31.4 Å². The van der Waals surface area contributed by atoms with E-state index in [1.165, 1.54) is 10.6 Å². The number of aromatic nitrogens is 1. The van der Waals surface area contributed by atoms with E-state index in [0.717, 1.165) is 20.7 Å². The van der Waals surface area contributed by atoms with Crippen LogP contribution in [-0.2, 0) is 23.6 Å². The van der Waals surface area contributed by atoms with Crippen molar-refractivity contribution < 1.29 is 13.5 Å². The quantitative estimate of drug-likeness (QED) is 0.681. The Morgan fingerprint density at radius 1 is 1.14 bits per heavy atom. The van der Waals surface area contributed by atoms with Crippen LogP contribution in [0.25, 0.3) is 21.2 Å². The number of thiophene rings is 1. The molecule has 7 nitrogen and oxygen atoms in total. The number of hydrogen-bond acceptors (Lipinski definition) is 6. The van der Waals surface area contributed by atoms with Crippen LogP contribution in [0.15, 0.2) is 41.3 Å². The van der Waals surface area contributed by atoms with E-state index >= 15 is 0 Å². The summed E-state index contributed by atoms with van der Waals surface area (Å²) in [7, 11) is -1.42. The van der Waals surface area contributed by atoms with Gasteiger partial charge in [-0.1, -0.05) is 12.1 Å². The van der Waals surface area contributed by atoms with Gasteiger partial charge in [0.25, 0.3) is 5.56 Å². The fraction of sp³-hybridized carbons (Fsp3) is 0.350. The maximum Gasteiger partial charge on any atom is 0.259 e. The molecule has 1 aliphatic rings. The largest absolute Gasteiger partial charge is 0.508 e. The van der Waals surface area contributed by atoms with Crippen molar-refractivity contribution in [2.45, 2.75) is 6.54 Å². The second-order valence-corrected chi connectivity index (χ2v) is 10.5. The Balaban J connectivity index is 1.65. The number of phenolic OH excluding ortho intramolecular Hbond substituents is 1. The number of phenols is 1. The summed E-state index contributed by atoms with van der Waals surface area (Å²) in [5.74, 6) is 0.185. The number of rotatable bonds is 4. The highest BCUT2D eigenvalue weighted by atomic mass is 32.2. The van der Waals surface area contributed by atoms with Gasteiger partial charge in [-0.05, 0) is 23.8 Å². The zero-order valence-electron chi connectivity index (χ0n) is 16.3. The van der Waals surface area contributed by atoms with Gasteiger partial charge in [0.15, 0.2) is 0 Å². The zero-order valence-corrected chi connectivity index (χ0v) is 18.0. The van der Waals surface area contributed by atoms with Gasteiger partial charge in [0, 0.05) is 61.1 Å². The highest BCUT2D eigenvalue weighted by Crippen LogP contribution is 2.34. The fourth-order valence-corrected chi connectivity index (χ4v) is 5.75. The van der Waals surface area contributed by atoms with Gasteiger partial charge < -0.3 is 9.67 Å². The molecule has 2 aromatic heterocycles.